The number of aryl methyl sites for hydroxylation is 1. The summed E-state index contributed by atoms with van der Waals surface area (Å²) in [5.41, 5.74) is 1.93. The molecule has 1 N–H and O–H groups in total. The van der Waals surface area contributed by atoms with Crippen LogP contribution in [0.2, 0.25) is 0 Å². The van der Waals surface area contributed by atoms with Gasteiger partial charge in [-0.25, -0.2) is 9.97 Å². The molecule has 0 aliphatic carbocycles. The Morgan fingerprint density at radius 1 is 1.15 bits per heavy atom. The summed E-state index contributed by atoms with van der Waals surface area (Å²) in [6.45, 7) is 9.54. The van der Waals surface area contributed by atoms with E-state index in [0.717, 1.165) is 49.7 Å². The highest BCUT2D eigenvalue weighted by Crippen LogP contribution is 2.25. The number of nitrogens with zero attached hydrogens (tertiary/aromatic N) is 6. The average molecular weight is 377 g/mol. The van der Waals surface area contributed by atoms with E-state index in [1.54, 1.807) is 0 Å². The Hall–Kier alpha value is -1.77. The van der Waals surface area contributed by atoms with Gasteiger partial charge in [0.05, 0.1) is 6.61 Å². The van der Waals surface area contributed by atoms with Gasteiger partial charge in [0, 0.05) is 63.1 Å². The van der Waals surface area contributed by atoms with Crippen molar-refractivity contribution in [2.45, 2.75) is 26.3 Å². The number of aliphatic hydroxyl groups excluding tert-OH is 1. The van der Waals surface area contributed by atoms with Crippen LogP contribution in [0.5, 0.6) is 0 Å². The number of carbonyl (C=O) groups is 1. The zero-order valence-electron chi connectivity index (χ0n) is 17.0. The fourth-order valence-electron chi connectivity index (χ4n) is 3.83. The first-order valence-electron chi connectivity index (χ1n) is 9.79. The highest BCUT2D eigenvalue weighted by molar-refractivity contribution is 5.91. The predicted octanol–water partition coefficient (Wildman–Crippen LogP) is -0.0162. The number of likely N-dealkylation sites (N-methyl/N-ethyl adjacent to an activating group) is 1. The van der Waals surface area contributed by atoms with Crippen molar-refractivity contribution in [2.24, 2.45) is 0 Å². The molecule has 1 amide bonds. The van der Waals surface area contributed by atoms with Crippen molar-refractivity contribution >= 4 is 11.7 Å². The SMILES string of the molecule is Cc1nc(C(=O)N2CCN(CCO)CC2)nc(N2CC[C@@H](N(C)C)C2)c1C. The molecule has 2 saturated heterocycles. The summed E-state index contributed by atoms with van der Waals surface area (Å²) in [4.78, 5) is 30.7. The number of β-amino-alcohol motifs (C(OH)–C–C–N with tert-alkyl or cyclic N) is 1. The van der Waals surface area contributed by atoms with Gasteiger partial charge in [0.25, 0.3) is 5.91 Å². The van der Waals surface area contributed by atoms with E-state index in [-0.39, 0.29) is 12.5 Å². The number of hydrogen-bond acceptors (Lipinski definition) is 7. The molecule has 0 unspecified atom stereocenters. The van der Waals surface area contributed by atoms with Crippen LogP contribution in [0.15, 0.2) is 0 Å². The summed E-state index contributed by atoms with van der Waals surface area (Å²) < 4.78 is 0. The van der Waals surface area contributed by atoms with Gasteiger partial charge in [-0.3, -0.25) is 9.69 Å². The molecule has 8 nitrogen and oxygen atoms in total. The van der Waals surface area contributed by atoms with Crippen molar-refractivity contribution in [1.82, 2.24) is 24.7 Å². The number of anilines is 1. The third-order valence-corrected chi connectivity index (χ3v) is 5.82. The van der Waals surface area contributed by atoms with Gasteiger partial charge in [-0.1, -0.05) is 0 Å². The molecule has 8 heteroatoms. The molecule has 3 rings (SSSR count). The zero-order chi connectivity index (χ0) is 19.6. The van der Waals surface area contributed by atoms with Crippen LogP contribution in [0.3, 0.4) is 0 Å². The summed E-state index contributed by atoms with van der Waals surface area (Å²) in [5, 5.41) is 9.07. The summed E-state index contributed by atoms with van der Waals surface area (Å²) in [6.07, 6.45) is 1.10. The maximum Gasteiger partial charge on any atom is 0.291 e. The number of amides is 1. The molecule has 27 heavy (non-hydrogen) atoms. The molecular weight excluding hydrogens is 344 g/mol. The highest BCUT2D eigenvalue weighted by Gasteiger charge is 2.29. The lowest BCUT2D eigenvalue weighted by Crippen LogP contribution is -2.49. The summed E-state index contributed by atoms with van der Waals surface area (Å²) in [5.74, 6) is 1.11. The van der Waals surface area contributed by atoms with E-state index in [1.165, 1.54) is 0 Å². The van der Waals surface area contributed by atoms with E-state index >= 15 is 0 Å². The molecule has 0 bridgehead atoms. The minimum absolute atomic E-state index is 0.0913. The fourth-order valence-corrected chi connectivity index (χ4v) is 3.83. The van der Waals surface area contributed by atoms with Gasteiger partial charge in [0.1, 0.15) is 5.82 Å². The first-order valence-corrected chi connectivity index (χ1v) is 9.79. The fraction of sp³-hybridized carbons (Fsp3) is 0.737. The van der Waals surface area contributed by atoms with Crippen molar-refractivity contribution in [3.8, 4) is 0 Å². The van der Waals surface area contributed by atoms with Gasteiger partial charge >= 0.3 is 0 Å². The maximum atomic E-state index is 13.0. The topological polar surface area (TPSA) is 76.0 Å². The summed E-state index contributed by atoms with van der Waals surface area (Å²) >= 11 is 0. The van der Waals surface area contributed by atoms with Crippen molar-refractivity contribution in [2.75, 3.05) is 71.4 Å². The largest absolute Gasteiger partial charge is 0.395 e. The van der Waals surface area contributed by atoms with E-state index < -0.39 is 0 Å². The molecule has 1 atom stereocenters. The smallest absolute Gasteiger partial charge is 0.291 e. The Balaban J connectivity index is 1.75. The Kier molecular flexibility index (Phi) is 6.29. The molecule has 1 aromatic rings. The van der Waals surface area contributed by atoms with Crippen LogP contribution >= 0.6 is 0 Å². The maximum absolute atomic E-state index is 13.0. The second-order valence-electron chi connectivity index (χ2n) is 7.79. The van der Waals surface area contributed by atoms with Crippen LogP contribution in [-0.2, 0) is 0 Å². The van der Waals surface area contributed by atoms with Crippen LogP contribution in [-0.4, -0.2) is 108 Å². The van der Waals surface area contributed by atoms with Gasteiger partial charge in [-0.2, -0.15) is 0 Å². The lowest BCUT2D eigenvalue weighted by molar-refractivity contribution is 0.0603. The van der Waals surface area contributed by atoms with E-state index in [9.17, 15) is 4.79 Å². The number of hydrogen-bond donors (Lipinski definition) is 1. The molecule has 0 radical (unpaired) electrons. The van der Waals surface area contributed by atoms with Gasteiger partial charge in [0.2, 0.25) is 5.82 Å². The lowest BCUT2D eigenvalue weighted by atomic mass is 10.2. The Morgan fingerprint density at radius 3 is 2.44 bits per heavy atom. The molecule has 3 heterocycles. The van der Waals surface area contributed by atoms with Crippen LogP contribution in [0.1, 0.15) is 28.3 Å². The molecule has 0 aromatic carbocycles. The van der Waals surface area contributed by atoms with Crippen LogP contribution in [0.4, 0.5) is 5.82 Å². The third-order valence-electron chi connectivity index (χ3n) is 5.82. The van der Waals surface area contributed by atoms with Crippen molar-refractivity contribution in [3.05, 3.63) is 17.1 Å². The number of piperazine rings is 1. The van der Waals surface area contributed by atoms with Gasteiger partial charge in [0.15, 0.2) is 0 Å². The first kappa shape index (κ1) is 20.0. The number of aromatic nitrogens is 2. The second kappa shape index (κ2) is 8.50. The van der Waals surface area contributed by atoms with Crippen LogP contribution < -0.4 is 4.90 Å². The van der Waals surface area contributed by atoms with E-state index in [0.29, 0.717) is 31.5 Å². The summed E-state index contributed by atoms with van der Waals surface area (Å²) in [6, 6.07) is 0.512. The predicted molar refractivity (Wildman–Crippen MR) is 105 cm³/mol. The molecule has 2 fully saturated rings. The van der Waals surface area contributed by atoms with Gasteiger partial charge < -0.3 is 19.8 Å². The quantitative estimate of drug-likeness (QED) is 0.774. The Morgan fingerprint density at radius 2 is 1.85 bits per heavy atom. The summed E-state index contributed by atoms with van der Waals surface area (Å²) in [7, 11) is 4.22. The number of aliphatic hydroxyl groups is 1. The number of carbonyl (C=O) groups excluding carboxylic acids is 1. The van der Waals surface area contributed by atoms with E-state index in [1.807, 2.05) is 18.7 Å². The zero-order valence-corrected chi connectivity index (χ0v) is 17.0. The number of rotatable bonds is 5. The molecule has 0 saturated carbocycles. The van der Waals surface area contributed by atoms with Crippen LogP contribution in [0.25, 0.3) is 0 Å². The normalized spacial score (nSPS) is 21.3. The standard InChI is InChI=1S/C19H32N6O2/c1-14-15(2)20-17(19(27)24-9-7-23(8-10-24)11-12-26)21-18(14)25-6-5-16(13-25)22(3)4/h16,26H,5-13H2,1-4H3/t16-/m1/s1. The van der Waals surface area contributed by atoms with Gasteiger partial charge in [-0.05, 0) is 34.4 Å². The first-order chi connectivity index (χ1) is 12.9. The third kappa shape index (κ3) is 4.39. The average Bonchev–Trinajstić information content (AvgIpc) is 3.14. The molecule has 0 spiro atoms. The molecule has 150 valence electrons. The van der Waals surface area contributed by atoms with Gasteiger partial charge in [-0.15, -0.1) is 0 Å². The van der Waals surface area contributed by atoms with Crippen molar-refractivity contribution < 1.29 is 9.90 Å². The molecule has 2 aliphatic rings. The second-order valence-corrected chi connectivity index (χ2v) is 7.79. The monoisotopic (exact) mass is 376 g/mol. The minimum Gasteiger partial charge on any atom is -0.395 e. The van der Waals surface area contributed by atoms with Crippen LogP contribution in [0, 0.1) is 13.8 Å². The molecule has 2 aliphatic heterocycles. The van der Waals surface area contributed by atoms with E-state index in [4.69, 9.17) is 10.1 Å². The lowest BCUT2D eigenvalue weighted by Gasteiger charge is -2.34. The van der Waals surface area contributed by atoms with E-state index in [2.05, 4.69) is 33.8 Å². The molecule has 1 aromatic heterocycles. The minimum atomic E-state index is -0.0913. The molecular formula is C19H32N6O2. The highest BCUT2D eigenvalue weighted by atomic mass is 16.3. The Bertz CT molecular complexity index is 672. The van der Waals surface area contributed by atoms with Crippen molar-refractivity contribution in [3.63, 3.8) is 0 Å². The van der Waals surface area contributed by atoms with Crippen molar-refractivity contribution in [1.29, 1.82) is 0 Å². The Labute approximate surface area is 161 Å².